The van der Waals surface area contributed by atoms with Crippen molar-refractivity contribution in [2.75, 3.05) is 30.9 Å². The summed E-state index contributed by atoms with van der Waals surface area (Å²) in [6.07, 6.45) is 1.72. The topological polar surface area (TPSA) is 101 Å². The third kappa shape index (κ3) is 5.37. The molecule has 1 aromatic heterocycles. The molecular formula is C18H21N3O5. The van der Waals surface area contributed by atoms with Gasteiger partial charge in [-0.1, -0.05) is 0 Å². The number of anilines is 2. The van der Waals surface area contributed by atoms with Crippen LogP contribution < -0.4 is 15.5 Å². The summed E-state index contributed by atoms with van der Waals surface area (Å²) >= 11 is 0. The Morgan fingerprint density at radius 1 is 1.15 bits per heavy atom. The molecule has 0 spiro atoms. The van der Waals surface area contributed by atoms with Crippen LogP contribution in [0.4, 0.5) is 16.2 Å². The van der Waals surface area contributed by atoms with E-state index in [4.69, 9.17) is 4.42 Å². The molecule has 0 aliphatic rings. The van der Waals surface area contributed by atoms with E-state index >= 15 is 0 Å². The van der Waals surface area contributed by atoms with Gasteiger partial charge in [0, 0.05) is 31.4 Å². The Morgan fingerprint density at radius 3 is 2.50 bits per heavy atom. The van der Waals surface area contributed by atoms with E-state index in [-0.39, 0.29) is 24.0 Å². The molecule has 0 saturated heterocycles. The summed E-state index contributed by atoms with van der Waals surface area (Å²) < 4.78 is 9.62. The largest absolute Gasteiger partial charge is 0.459 e. The second kappa shape index (κ2) is 9.26. The van der Waals surface area contributed by atoms with Crippen LogP contribution in [0.25, 0.3) is 0 Å². The minimum Gasteiger partial charge on any atom is -0.459 e. The zero-order valence-electron chi connectivity index (χ0n) is 14.7. The molecule has 138 valence electrons. The number of hydrogen-bond donors (Lipinski definition) is 2. The minimum atomic E-state index is -0.474. The van der Waals surface area contributed by atoms with Crippen LogP contribution in [0.3, 0.4) is 0 Å². The maximum absolute atomic E-state index is 11.9. The lowest BCUT2D eigenvalue weighted by Gasteiger charge is -2.16. The Labute approximate surface area is 151 Å². The Kier molecular flexibility index (Phi) is 6.78. The monoisotopic (exact) mass is 359 g/mol. The number of nitrogens with zero attached hydrogens (tertiary/aromatic N) is 1. The molecule has 0 atom stereocenters. The summed E-state index contributed by atoms with van der Waals surface area (Å²) in [6.45, 7) is 0.371. The molecule has 26 heavy (non-hydrogen) atoms. The van der Waals surface area contributed by atoms with Gasteiger partial charge in [-0.2, -0.15) is 0 Å². The second-order valence-electron chi connectivity index (χ2n) is 5.46. The molecule has 0 aliphatic carbocycles. The number of carbonyl (C=O) groups excluding carboxylic acids is 3. The van der Waals surface area contributed by atoms with Crippen LogP contribution in [-0.2, 0) is 9.53 Å². The minimum absolute atomic E-state index is 0.161. The average Bonchev–Trinajstić information content (AvgIpc) is 3.19. The Hall–Kier alpha value is -3.29. The number of rotatable bonds is 7. The number of carbonyl (C=O) groups is 3. The fourth-order valence-corrected chi connectivity index (χ4v) is 2.18. The van der Waals surface area contributed by atoms with Crippen molar-refractivity contribution in [3.63, 3.8) is 0 Å². The smallest absolute Gasteiger partial charge is 0.413 e. The molecule has 0 aliphatic heterocycles. The van der Waals surface area contributed by atoms with Crippen molar-refractivity contribution in [3.8, 4) is 0 Å². The highest BCUT2D eigenvalue weighted by Crippen LogP contribution is 2.17. The van der Waals surface area contributed by atoms with Crippen LogP contribution in [0.15, 0.2) is 47.1 Å². The Bertz CT molecular complexity index is 741. The second-order valence-corrected chi connectivity index (χ2v) is 5.46. The molecule has 8 heteroatoms. The van der Waals surface area contributed by atoms with Crippen molar-refractivity contribution in [2.24, 2.45) is 0 Å². The lowest BCUT2D eigenvalue weighted by Crippen LogP contribution is -2.25. The highest BCUT2D eigenvalue weighted by atomic mass is 16.5. The first-order chi connectivity index (χ1) is 12.5. The molecule has 8 nitrogen and oxygen atoms in total. The molecular weight excluding hydrogens is 338 g/mol. The van der Waals surface area contributed by atoms with E-state index in [0.29, 0.717) is 24.3 Å². The number of ether oxygens (including phenoxy) is 1. The molecule has 2 rings (SSSR count). The van der Waals surface area contributed by atoms with Crippen molar-refractivity contribution in [2.45, 2.75) is 12.8 Å². The van der Waals surface area contributed by atoms with E-state index in [0.717, 1.165) is 0 Å². The quantitative estimate of drug-likeness (QED) is 0.740. The molecule has 0 fully saturated rings. The zero-order valence-corrected chi connectivity index (χ0v) is 14.7. The first-order valence-corrected chi connectivity index (χ1v) is 8.04. The Balaban J connectivity index is 1.72. The SMILES string of the molecule is COC(=O)N(C)c1ccc(NC(=O)CCCNC(=O)c2ccco2)cc1. The maximum atomic E-state index is 11.9. The van der Waals surface area contributed by atoms with Crippen LogP contribution >= 0.6 is 0 Å². The first-order valence-electron chi connectivity index (χ1n) is 8.04. The van der Waals surface area contributed by atoms with Gasteiger partial charge in [0.15, 0.2) is 5.76 Å². The van der Waals surface area contributed by atoms with Gasteiger partial charge in [0.05, 0.1) is 13.4 Å². The summed E-state index contributed by atoms with van der Waals surface area (Å²) in [5.74, 6) is -0.224. The standard InChI is InChI=1S/C18H21N3O5/c1-21(18(24)25-2)14-9-7-13(8-10-14)20-16(22)6-3-11-19-17(23)15-5-4-12-26-15/h4-5,7-10,12H,3,6,11H2,1-2H3,(H,19,23)(H,20,22). The maximum Gasteiger partial charge on any atom is 0.413 e. The summed E-state index contributed by atoms with van der Waals surface area (Å²) in [5, 5.41) is 5.44. The van der Waals surface area contributed by atoms with Crippen LogP contribution in [-0.4, -0.2) is 38.6 Å². The number of methoxy groups -OCH3 is 1. The van der Waals surface area contributed by atoms with Crippen molar-refractivity contribution in [3.05, 3.63) is 48.4 Å². The van der Waals surface area contributed by atoms with Crippen molar-refractivity contribution in [1.29, 1.82) is 0 Å². The van der Waals surface area contributed by atoms with Gasteiger partial charge in [0.2, 0.25) is 5.91 Å². The molecule has 2 aromatic rings. The lowest BCUT2D eigenvalue weighted by molar-refractivity contribution is -0.116. The molecule has 2 N–H and O–H groups in total. The molecule has 1 heterocycles. The van der Waals surface area contributed by atoms with Gasteiger partial charge in [0.25, 0.3) is 5.91 Å². The highest BCUT2D eigenvalue weighted by Gasteiger charge is 2.11. The van der Waals surface area contributed by atoms with Crippen LogP contribution in [0.5, 0.6) is 0 Å². The first kappa shape index (κ1) is 19.0. The van der Waals surface area contributed by atoms with E-state index in [2.05, 4.69) is 15.4 Å². The predicted octanol–water partition coefficient (Wildman–Crippen LogP) is 2.63. The van der Waals surface area contributed by atoms with Gasteiger partial charge in [-0.3, -0.25) is 14.5 Å². The van der Waals surface area contributed by atoms with Gasteiger partial charge in [0.1, 0.15) is 0 Å². The van der Waals surface area contributed by atoms with Crippen LogP contribution in [0, 0.1) is 0 Å². The Morgan fingerprint density at radius 2 is 1.88 bits per heavy atom. The summed E-state index contributed by atoms with van der Waals surface area (Å²) in [6, 6.07) is 10.0. The van der Waals surface area contributed by atoms with Crippen molar-refractivity contribution >= 4 is 29.3 Å². The lowest BCUT2D eigenvalue weighted by atomic mass is 10.2. The number of benzene rings is 1. The van der Waals surface area contributed by atoms with Crippen LogP contribution in [0.1, 0.15) is 23.4 Å². The van der Waals surface area contributed by atoms with Crippen molar-refractivity contribution < 1.29 is 23.5 Å². The summed E-state index contributed by atoms with van der Waals surface area (Å²) in [7, 11) is 2.90. The number of hydrogen-bond acceptors (Lipinski definition) is 5. The number of nitrogens with one attached hydrogen (secondary N) is 2. The molecule has 0 radical (unpaired) electrons. The summed E-state index contributed by atoms with van der Waals surface area (Å²) in [5.41, 5.74) is 1.27. The normalized spacial score (nSPS) is 10.1. The molecule has 0 unspecified atom stereocenters. The third-order valence-electron chi connectivity index (χ3n) is 3.60. The van der Waals surface area contributed by atoms with Gasteiger partial charge in [-0.05, 0) is 42.8 Å². The van der Waals surface area contributed by atoms with E-state index in [1.807, 2.05) is 0 Å². The molecule has 3 amide bonds. The van der Waals surface area contributed by atoms with Gasteiger partial charge in [-0.25, -0.2) is 4.79 Å². The highest BCUT2D eigenvalue weighted by molar-refractivity contribution is 5.92. The summed E-state index contributed by atoms with van der Waals surface area (Å²) in [4.78, 5) is 36.4. The van der Waals surface area contributed by atoms with Crippen LogP contribution in [0.2, 0.25) is 0 Å². The van der Waals surface area contributed by atoms with E-state index in [9.17, 15) is 14.4 Å². The van der Waals surface area contributed by atoms with Gasteiger partial charge < -0.3 is 19.8 Å². The number of furan rings is 1. The van der Waals surface area contributed by atoms with Crippen molar-refractivity contribution in [1.82, 2.24) is 5.32 Å². The average molecular weight is 359 g/mol. The van der Waals surface area contributed by atoms with E-state index in [1.54, 1.807) is 43.4 Å². The van der Waals surface area contributed by atoms with Gasteiger partial charge >= 0.3 is 6.09 Å². The number of amides is 3. The fraction of sp³-hybridized carbons (Fsp3) is 0.278. The third-order valence-corrected chi connectivity index (χ3v) is 3.60. The predicted molar refractivity (Wildman–Crippen MR) is 96.2 cm³/mol. The van der Waals surface area contributed by atoms with Gasteiger partial charge in [-0.15, -0.1) is 0 Å². The van der Waals surface area contributed by atoms with E-state index < -0.39 is 6.09 Å². The van der Waals surface area contributed by atoms with E-state index in [1.165, 1.54) is 18.3 Å². The molecule has 0 saturated carbocycles. The zero-order chi connectivity index (χ0) is 18.9. The fourth-order valence-electron chi connectivity index (χ4n) is 2.18. The molecule has 0 bridgehead atoms. The molecule has 1 aromatic carbocycles.